The van der Waals surface area contributed by atoms with Gasteiger partial charge in [0.2, 0.25) is 10.0 Å². The smallest absolute Gasteiger partial charge is 0.475 e. The molecule has 0 radical (unpaired) electrons. The molecule has 2 aliphatic rings. The monoisotopic (exact) mass is 581 g/mol. The van der Waals surface area contributed by atoms with Gasteiger partial charge in [0.05, 0.1) is 18.0 Å². The van der Waals surface area contributed by atoms with Gasteiger partial charge in [-0.2, -0.15) is 26.3 Å². The van der Waals surface area contributed by atoms with Crippen LogP contribution in [-0.4, -0.2) is 101 Å². The summed E-state index contributed by atoms with van der Waals surface area (Å²) in [7, 11) is -3.09. The molecule has 1 spiro atoms. The van der Waals surface area contributed by atoms with E-state index in [9.17, 15) is 34.8 Å². The highest BCUT2D eigenvalue weighted by atomic mass is 32.2. The number of alkyl halides is 6. The van der Waals surface area contributed by atoms with Crippen LogP contribution in [0.5, 0.6) is 0 Å². The number of sulfonamides is 1. The molecule has 0 bridgehead atoms. The lowest BCUT2D eigenvalue weighted by Gasteiger charge is -2.47. The molecule has 3 rings (SSSR count). The van der Waals surface area contributed by atoms with E-state index >= 15 is 0 Å². The minimum Gasteiger partial charge on any atom is -0.475 e. The van der Waals surface area contributed by atoms with Gasteiger partial charge >= 0.3 is 24.3 Å². The number of aliphatic carboxylic acids is 2. The average molecular weight is 582 g/mol. The minimum absolute atomic E-state index is 0.196. The lowest BCUT2D eigenvalue weighted by atomic mass is 9.90. The second-order valence-corrected chi connectivity index (χ2v) is 10.5. The van der Waals surface area contributed by atoms with E-state index in [1.165, 1.54) is 5.56 Å². The largest absolute Gasteiger partial charge is 0.490 e. The number of pyridine rings is 1. The van der Waals surface area contributed by atoms with Crippen LogP contribution in [0, 0.1) is 0 Å². The van der Waals surface area contributed by atoms with Gasteiger partial charge in [-0.25, -0.2) is 22.3 Å². The van der Waals surface area contributed by atoms with E-state index in [1.54, 1.807) is 10.5 Å². The number of carboxylic acid groups (broad SMARTS) is 2. The van der Waals surface area contributed by atoms with Gasteiger partial charge in [0, 0.05) is 45.1 Å². The topological polar surface area (TPSA) is 137 Å². The van der Waals surface area contributed by atoms with Crippen LogP contribution in [0.2, 0.25) is 0 Å². The molecule has 10 nitrogen and oxygen atoms in total. The van der Waals surface area contributed by atoms with Crippen LogP contribution < -0.4 is 0 Å². The number of hydrogen-bond donors (Lipinski definition) is 2. The van der Waals surface area contributed by atoms with E-state index in [4.69, 9.17) is 24.5 Å². The lowest BCUT2D eigenvalue weighted by Crippen LogP contribution is -2.57. The molecule has 2 fully saturated rings. The summed E-state index contributed by atoms with van der Waals surface area (Å²) in [5.74, 6) is -5.27. The van der Waals surface area contributed by atoms with Crippen molar-refractivity contribution in [2.45, 2.75) is 50.7 Å². The molecule has 1 aromatic heterocycles. The summed E-state index contributed by atoms with van der Waals surface area (Å²) >= 11 is 0. The fourth-order valence-electron chi connectivity index (χ4n) is 3.67. The van der Waals surface area contributed by atoms with Gasteiger partial charge in [0.15, 0.2) is 0 Å². The van der Waals surface area contributed by atoms with Crippen LogP contribution in [0.3, 0.4) is 0 Å². The Balaban J connectivity index is 0.000000426. The van der Waals surface area contributed by atoms with E-state index in [0.29, 0.717) is 26.1 Å². The van der Waals surface area contributed by atoms with Gasteiger partial charge in [-0.05, 0) is 30.9 Å². The number of morpholine rings is 1. The average Bonchev–Trinajstić information content (AvgIpc) is 2.80. The predicted molar refractivity (Wildman–Crippen MR) is 120 cm³/mol. The normalized spacial score (nSPS) is 18.5. The Morgan fingerprint density at radius 1 is 1.05 bits per heavy atom. The van der Waals surface area contributed by atoms with E-state index < -0.39 is 34.3 Å². The van der Waals surface area contributed by atoms with Gasteiger partial charge in [0.1, 0.15) is 0 Å². The number of halogens is 6. The standard InChI is InChI=1S/C17H27N3O3S.2C2HF3O2/c1-2-12-24(21,22)20-8-5-17(6-9-20)15-19(10-11-23-17)14-16-4-3-7-18-13-16;2*3-2(4,5)1(6)7/h3-4,7,13H,2,5-6,8-12,14-15H2,1H3;2*(H,6,7). The van der Waals surface area contributed by atoms with Crippen molar-refractivity contribution >= 4 is 22.0 Å². The van der Waals surface area contributed by atoms with Crippen molar-refractivity contribution < 1.29 is 59.3 Å². The molecule has 2 aliphatic heterocycles. The van der Waals surface area contributed by atoms with Gasteiger partial charge < -0.3 is 14.9 Å². The summed E-state index contributed by atoms with van der Waals surface area (Å²) in [5, 5.41) is 14.2. The van der Waals surface area contributed by atoms with Crippen LogP contribution in [0.4, 0.5) is 26.3 Å². The predicted octanol–water partition coefficient (Wildman–Crippen LogP) is 2.75. The van der Waals surface area contributed by atoms with E-state index in [1.807, 2.05) is 19.2 Å². The zero-order valence-corrected chi connectivity index (χ0v) is 21.2. The maximum Gasteiger partial charge on any atom is 0.490 e. The number of carboxylic acids is 2. The quantitative estimate of drug-likeness (QED) is 0.503. The first-order chi connectivity index (χ1) is 17.4. The Morgan fingerprint density at radius 3 is 2.00 bits per heavy atom. The molecule has 0 unspecified atom stereocenters. The molecule has 3 heterocycles. The summed E-state index contributed by atoms with van der Waals surface area (Å²) in [6.07, 6.45) is -4.25. The molecule has 218 valence electrons. The summed E-state index contributed by atoms with van der Waals surface area (Å²) in [6, 6.07) is 4.05. The molecule has 2 N–H and O–H groups in total. The molecule has 1 aromatic rings. The molecule has 0 amide bonds. The van der Waals surface area contributed by atoms with Crippen molar-refractivity contribution in [2.75, 3.05) is 38.5 Å². The molecule has 0 aliphatic carbocycles. The van der Waals surface area contributed by atoms with Crippen LogP contribution in [0.1, 0.15) is 31.7 Å². The SMILES string of the molecule is CCCS(=O)(=O)N1CCC2(CC1)CN(Cc1cccnc1)CCO2.O=C(O)C(F)(F)F.O=C(O)C(F)(F)F. The molecule has 17 heteroatoms. The fourth-order valence-corrected chi connectivity index (χ4v) is 5.18. The first kappa shape index (κ1) is 33.5. The number of aromatic nitrogens is 1. The summed E-state index contributed by atoms with van der Waals surface area (Å²) in [4.78, 5) is 24.4. The zero-order chi connectivity index (χ0) is 29.2. The lowest BCUT2D eigenvalue weighted by molar-refractivity contribution is -0.193. The number of carbonyl (C=O) groups is 2. The highest BCUT2D eigenvalue weighted by Crippen LogP contribution is 2.31. The van der Waals surface area contributed by atoms with Crippen molar-refractivity contribution in [2.24, 2.45) is 0 Å². The van der Waals surface area contributed by atoms with Crippen molar-refractivity contribution in [3.63, 3.8) is 0 Å². The van der Waals surface area contributed by atoms with Crippen LogP contribution in [0.15, 0.2) is 24.5 Å². The van der Waals surface area contributed by atoms with Crippen molar-refractivity contribution in [3.05, 3.63) is 30.1 Å². The van der Waals surface area contributed by atoms with E-state index in [2.05, 4.69) is 16.0 Å². The first-order valence-corrected chi connectivity index (χ1v) is 12.9. The van der Waals surface area contributed by atoms with Gasteiger partial charge in [0.25, 0.3) is 0 Å². The number of nitrogens with zero attached hydrogens (tertiary/aromatic N) is 3. The second-order valence-electron chi connectivity index (χ2n) is 8.42. The first-order valence-electron chi connectivity index (χ1n) is 11.2. The highest BCUT2D eigenvalue weighted by Gasteiger charge is 2.42. The zero-order valence-electron chi connectivity index (χ0n) is 20.3. The Kier molecular flexibility index (Phi) is 12.4. The van der Waals surface area contributed by atoms with Gasteiger partial charge in [-0.15, -0.1) is 0 Å². The third-order valence-electron chi connectivity index (χ3n) is 5.43. The van der Waals surface area contributed by atoms with E-state index in [0.717, 1.165) is 32.5 Å². The Morgan fingerprint density at radius 2 is 1.58 bits per heavy atom. The Labute approximate surface area is 215 Å². The van der Waals surface area contributed by atoms with Gasteiger partial charge in [-0.3, -0.25) is 9.88 Å². The van der Waals surface area contributed by atoms with Crippen molar-refractivity contribution in [1.29, 1.82) is 0 Å². The van der Waals surface area contributed by atoms with Gasteiger partial charge in [-0.1, -0.05) is 13.0 Å². The molecule has 0 aromatic carbocycles. The molecule has 0 atom stereocenters. The molecular weight excluding hydrogens is 552 g/mol. The summed E-state index contributed by atoms with van der Waals surface area (Å²) in [5.41, 5.74) is 1.01. The summed E-state index contributed by atoms with van der Waals surface area (Å²) in [6.45, 7) is 6.41. The van der Waals surface area contributed by atoms with Crippen molar-refractivity contribution in [3.8, 4) is 0 Å². The Bertz CT molecular complexity index is 975. The highest BCUT2D eigenvalue weighted by molar-refractivity contribution is 7.89. The summed E-state index contributed by atoms with van der Waals surface area (Å²) < 4.78 is 95.7. The molecule has 0 saturated carbocycles. The number of hydrogen-bond acceptors (Lipinski definition) is 7. The third kappa shape index (κ3) is 11.5. The molecular formula is C21H29F6N3O7S. The number of rotatable bonds is 5. The second kappa shape index (κ2) is 14.0. The maximum atomic E-state index is 12.2. The van der Waals surface area contributed by atoms with Crippen LogP contribution in [-0.2, 0) is 30.9 Å². The maximum absolute atomic E-state index is 12.2. The number of piperidine rings is 1. The van der Waals surface area contributed by atoms with Crippen molar-refractivity contribution in [1.82, 2.24) is 14.2 Å². The van der Waals surface area contributed by atoms with Crippen LogP contribution >= 0.6 is 0 Å². The fraction of sp³-hybridized carbons (Fsp3) is 0.667. The number of ether oxygens (including phenoxy) is 1. The third-order valence-corrected chi connectivity index (χ3v) is 7.51. The van der Waals surface area contributed by atoms with Crippen LogP contribution in [0.25, 0.3) is 0 Å². The Hall–Kier alpha value is -2.50. The minimum atomic E-state index is -5.08. The van der Waals surface area contributed by atoms with E-state index in [-0.39, 0.29) is 11.4 Å². The molecule has 38 heavy (non-hydrogen) atoms. The molecule has 2 saturated heterocycles.